The van der Waals surface area contributed by atoms with E-state index in [1.54, 1.807) is 0 Å². The van der Waals surface area contributed by atoms with E-state index in [9.17, 15) is 4.79 Å². The molecule has 3 nitrogen and oxygen atoms in total. The van der Waals surface area contributed by atoms with E-state index in [2.05, 4.69) is 24.5 Å². The van der Waals surface area contributed by atoms with Crippen LogP contribution in [0.25, 0.3) is 0 Å². The molecule has 0 aliphatic heterocycles. The Balaban J connectivity index is 2.13. The summed E-state index contributed by atoms with van der Waals surface area (Å²) in [6.45, 7) is 5.64. The molecular formula is C14H21ClN2O. The Hall–Kier alpha value is -1.22. The molecular weight excluding hydrogens is 248 g/mol. The minimum Gasteiger partial charge on any atom is -0.338 e. The molecule has 100 valence electrons. The number of hydrogen-bond donors (Lipinski definition) is 2. The first-order valence-corrected chi connectivity index (χ1v) is 6.72. The number of amides is 2. The van der Waals surface area contributed by atoms with Crippen molar-refractivity contribution < 1.29 is 4.79 Å². The van der Waals surface area contributed by atoms with Crippen LogP contribution in [0.1, 0.15) is 25.8 Å². The van der Waals surface area contributed by atoms with Crippen molar-refractivity contribution in [3.05, 3.63) is 34.9 Å². The number of carbonyl (C=O) groups is 1. The van der Waals surface area contributed by atoms with Crippen molar-refractivity contribution in [2.75, 3.05) is 13.1 Å². The molecule has 0 fully saturated rings. The van der Waals surface area contributed by atoms with Crippen LogP contribution in [0.4, 0.5) is 4.79 Å². The number of rotatable bonds is 6. The monoisotopic (exact) mass is 268 g/mol. The third-order valence-electron chi connectivity index (χ3n) is 2.62. The van der Waals surface area contributed by atoms with Crippen LogP contribution in [0.15, 0.2) is 24.3 Å². The molecule has 0 atom stereocenters. The van der Waals surface area contributed by atoms with E-state index in [0.29, 0.717) is 12.5 Å². The molecule has 1 aromatic carbocycles. The standard InChI is InChI=1S/C14H21ClN2O/c1-11(2)7-9-16-14(18)17-10-8-12-3-5-13(15)6-4-12/h3-6,11H,7-10H2,1-2H3,(H2,16,17,18). The predicted octanol–water partition coefficient (Wildman–Crippen LogP) is 3.23. The van der Waals surface area contributed by atoms with Crippen molar-refractivity contribution in [3.63, 3.8) is 0 Å². The quantitative estimate of drug-likeness (QED) is 0.817. The highest BCUT2D eigenvalue weighted by atomic mass is 35.5. The van der Waals surface area contributed by atoms with E-state index in [-0.39, 0.29) is 6.03 Å². The predicted molar refractivity (Wildman–Crippen MR) is 76.0 cm³/mol. The van der Waals surface area contributed by atoms with Gasteiger partial charge in [0.25, 0.3) is 0 Å². The fourth-order valence-corrected chi connectivity index (χ4v) is 1.63. The number of nitrogens with one attached hydrogen (secondary N) is 2. The molecule has 0 heterocycles. The van der Waals surface area contributed by atoms with E-state index in [1.165, 1.54) is 5.56 Å². The minimum absolute atomic E-state index is 0.0930. The summed E-state index contributed by atoms with van der Waals surface area (Å²) in [7, 11) is 0. The second kappa shape index (κ2) is 7.98. The van der Waals surface area contributed by atoms with Gasteiger partial charge in [-0.15, -0.1) is 0 Å². The average molecular weight is 269 g/mol. The van der Waals surface area contributed by atoms with Gasteiger partial charge in [0.2, 0.25) is 0 Å². The number of benzene rings is 1. The molecule has 1 rings (SSSR count). The first-order valence-electron chi connectivity index (χ1n) is 6.34. The summed E-state index contributed by atoms with van der Waals surface area (Å²) in [5, 5.41) is 6.41. The Morgan fingerprint density at radius 2 is 1.78 bits per heavy atom. The zero-order valence-corrected chi connectivity index (χ0v) is 11.8. The van der Waals surface area contributed by atoms with Crippen molar-refractivity contribution in [2.45, 2.75) is 26.7 Å². The molecule has 2 amide bonds. The van der Waals surface area contributed by atoms with Gasteiger partial charge in [0.15, 0.2) is 0 Å². The summed E-state index contributed by atoms with van der Waals surface area (Å²) in [5.74, 6) is 0.611. The molecule has 0 saturated heterocycles. The maximum Gasteiger partial charge on any atom is 0.314 e. The van der Waals surface area contributed by atoms with Crippen LogP contribution in [0.3, 0.4) is 0 Å². The van der Waals surface area contributed by atoms with E-state index in [1.807, 2.05) is 24.3 Å². The van der Waals surface area contributed by atoms with Crippen molar-refractivity contribution in [1.29, 1.82) is 0 Å². The third-order valence-corrected chi connectivity index (χ3v) is 2.87. The van der Waals surface area contributed by atoms with E-state index >= 15 is 0 Å². The SMILES string of the molecule is CC(C)CCNC(=O)NCCc1ccc(Cl)cc1. The Labute approximate surface area is 114 Å². The second-order valence-corrected chi connectivity index (χ2v) is 5.18. The zero-order valence-electron chi connectivity index (χ0n) is 11.0. The maximum absolute atomic E-state index is 11.4. The molecule has 4 heteroatoms. The van der Waals surface area contributed by atoms with Gasteiger partial charge in [-0.25, -0.2) is 4.79 Å². The smallest absolute Gasteiger partial charge is 0.314 e. The Morgan fingerprint density at radius 3 is 2.39 bits per heavy atom. The lowest BCUT2D eigenvalue weighted by Gasteiger charge is -2.09. The first kappa shape index (κ1) is 14.8. The summed E-state index contributed by atoms with van der Waals surface area (Å²) < 4.78 is 0. The van der Waals surface area contributed by atoms with Crippen LogP contribution in [-0.4, -0.2) is 19.1 Å². The van der Waals surface area contributed by atoms with Crippen LogP contribution in [0, 0.1) is 5.92 Å². The van der Waals surface area contributed by atoms with Gasteiger partial charge >= 0.3 is 6.03 Å². The number of hydrogen-bond acceptors (Lipinski definition) is 1. The molecule has 0 bridgehead atoms. The lowest BCUT2D eigenvalue weighted by Crippen LogP contribution is -2.37. The van der Waals surface area contributed by atoms with Gasteiger partial charge < -0.3 is 10.6 Å². The van der Waals surface area contributed by atoms with Gasteiger partial charge in [-0.2, -0.15) is 0 Å². The Morgan fingerprint density at radius 1 is 1.17 bits per heavy atom. The molecule has 0 aromatic heterocycles. The highest BCUT2D eigenvalue weighted by Gasteiger charge is 2.00. The molecule has 0 aliphatic rings. The van der Waals surface area contributed by atoms with E-state index < -0.39 is 0 Å². The minimum atomic E-state index is -0.0930. The van der Waals surface area contributed by atoms with Gasteiger partial charge in [-0.1, -0.05) is 37.6 Å². The van der Waals surface area contributed by atoms with E-state index in [4.69, 9.17) is 11.6 Å². The van der Waals surface area contributed by atoms with Gasteiger partial charge in [-0.05, 0) is 36.5 Å². The van der Waals surface area contributed by atoms with Crippen LogP contribution in [-0.2, 0) is 6.42 Å². The fraction of sp³-hybridized carbons (Fsp3) is 0.500. The lowest BCUT2D eigenvalue weighted by atomic mass is 10.1. The molecule has 0 spiro atoms. The van der Waals surface area contributed by atoms with Gasteiger partial charge in [0, 0.05) is 18.1 Å². The van der Waals surface area contributed by atoms with Crippen molar-refractivity contribution in [3.8, 4) is 0 Å². The van der Waals surface area contributed by atoms with Gasteiger partial charge in [-0.3, -0.25) is 0 Å². The highest BCUT2D eigenvalue weighted by Crippen LogP contribution is 2.09. The van der Waals surface area contributed by atoms with Crippen LogP contribution < -0.4 is 10.6 Å². The van der Waals surface area contributed by atoms with Crippen LogP contribution in [0.2, 0.25) is 5.02 Å². The summed E-state index contributed by atoms with van der Waals surface area (Å²) in [6.07, 6.45) is 1.82. The largest absolute Gasteiger partial charge is 0.338 e. The topological polar surface area (TPSA) is 41.1 Å². The summed E-state index contributed by atoms with van der Waals surface area (Å²) in [4.78, 5) is 11.4. The molecule has 1 aromatic rings. The van der Waals surface area contributed by atoms with E-state index in [0.717, 1.165) is 24.4 Å². The Kier molecular flexibility index (Phi) is 6.58. The zero-order chi connectivity index (χ0) is 13.4. The second-order valence-electron chi connectivity index (χ2n) is 4.74. The third kappa shape index (κ3) is 6.50. The van der Waals surface area contributed by atoms with Crippen molar-refractivity contribution >= 4 is 17.6 Å². The normalized spacial score (nSPS) is 10.4. The first-order chi connectivity index (χ1) is 8.58. The molecule has 0 saturated carbocycles. The summed E-state index contributed by atoms with van der Waals surface area (Å²) >= 11 is 5.80. The molecule has 18 heavy (non-hydrogen) atoms. The number of urea groups is 1. The van der Waals surface area contributed by atoms with Gasteiger partial charge in [0.05, 0.1) is 0 Å². The highest BCUT2D eigenvalue weighted by molar-refractivity contribution is 6.30. The summed E-state index contributed by atoms with van der Waals surface area (Å²) in [6, 6.07) is 7.57. The van der Waals surface area contributed by atoms with Crippen molar-refractivity contribution in [1.82, 2.24) is 10.6 Å². The lowest BCUT2D eigenvalue weighted by molar-refractivity contribution is 0.240. The van der Waals surface area contributed by atoms with Crippen molar-refractivity contribution in [2.24, 2.45) is 5.92 Å². The Bertz CT molecular complexity index is 363. The maximum atomic E-state index is 11.4. The fourth-order valence-electron chi connectivity index (χ4n) is 1.51. The summed E-state index contributed by atoms with van der Waals surface area (Å²) in [5.41, 5.74) is 1.17. The van der Waals surface area contributed by atoms with Crippen LogP contribution >= 0.6 is 11.6 Å². The molecule has 0 unspecified atom stereocenters. The molecule has 2 N–H and O–H groups in total. The number of carbonyl (C=O) groups excluding carboxylic acids is 1. The average Bonchev–Trinajstić information content (AvgIpc) is 2.31. The molecule has 0 aliphatic carbocycles. The number of halogens is 1. The van der Waals surface area contributed by atoms with Crippen LogP contribution in [0.5, 0.6) is 0 Å². The molecule has 0 radical (unpaired) electrons. The van der Waals surface area contributed by atoms with Gasteiger partial charge in [0.1, 0.15) is 0 Å².